The maximum Gasteiger partial charge on any atom is 0.261 e. The molecular weight excluding hydrogens is 254 g/mol. The smallest absolute Gasteiger partial charge is 0.261 e. The fourth-order valence-electron chi connectivity index (χ4n) is 2.18. The zero-order valence-corrected chi connectivity index (χ0v) is 10.8. The Bertz CT molecular complexity index is 639. The van der Waals surface area contributed by atoms with Gasteiger partial charge < -0.3 is 0 Å². The molecule has 1 aliphatic heterocycles. The Morgan fingerprint density at radius 3 is 2.20 bits per heavy atom. The van der Waals surface area contributed by atoms with Crippen molar-refractivity contribution in [3.05, 3.63) is 66.0 Å². The van der Waals surface area contributed by atoms with Gasteiger partial charge in [-0.3, -0.25) is 19.2 Å². The quantitative estimate of drug-likeness (QED) is 0.626. The van der Waals surface area contributed by atoms with Crippen molar-refractivity contribution >= 4 is 11.8 Å². The lowest BCUT2D eigenvalue weighted by Gasteiger charge is -2.10. The summed E-state index contributed by atoms with van der Waals surface area (Å²) in [6.45, 7) is 0.907. The van der Waals surface area contributed by atoms with Crippen LogP contribution >= 0.6 is 0 Å². The number of benzene rings is 1. The molecule has 0 aliphatic carbocycles. The number of imide groups is 1. The van der Waals surface area contributed by atoms with E-state index in [-0.39, 0.29) is 18.4 Å². The second-order valence-corrected chi connectivity index (χ2v) is 4.47. The summed E-state index contributed by atoms with van der Waals surface area (Å²) in [6.07, 6.45) is 7.25. The molecule has 0 fully saturated rings. The zero-order valence-electron chi connectivity index (χ0n) is 10.8. The monoisotopic (exact) mass is 267 g/mol. The fraction of sp³-hybridized carbons (Fsp3) is 0.133. The highest BCUT2D eigenvalue weighted by Crippen LogP contribution is 2.21. The summed E-state index contributed by atoms with van der Waals surface area (Å²) in [5, 5.41) is 4.07. The molecule has 2 aromatic rings. The van der Waals surface area contributed by atoms with Gasteiger partial charge in [0.2, 0.25) is 0 Å². The summed E-state index contributed by atoms with van der Waals surface area (Å²) < 4.78 is 1.76. The predicted octanol–water partition coefficient (Wildman–Crippen LogP) is 1.74. The van der Waals surface area contributed by atoms with Crippen LogP contribution in [0.15, 0.2) is 54.9 Å². The van der Waals surface area contributed by atoms with Gasteiger partial charge in [-0.05, 0) is 18.2 Å². The van der Waals surface area contributed by atoms with Crippen LogP contribution in [0, 0.1) is 0 Å². The van der Waals surface area contributed by atoms with Gasteiger partial charge in [-0.1, -0.05) is 24.3 Å². The summed E-state index contributed by atoms with van der Waals surface area (Å²) in [4.78, 5) is 25.4. The first-order chi connectivity index (χ1) is 9.77. The summed E-state index contributed by atoms with van der Waals surface area (Å²) in [6, 6.07) is 8.74. The molecule has 0 radical (unpaired) electrons. The molecule has 0 spiro atoms. The maximum absolute atomic E-state index is 12.1. The van der Waals surface area contributed by atoms with Crippen molar-refractivity contribution in [2.45, 2.75) is 6.54 Å². The zero-order chi connectivity index (χ0) is 13.9. The van der Waals surface area contributed by atoms with E-state index in [1.807, 2.05) is 24.4 Å². The Labute approximate surface area is 116 Å². The average molecular weight is 267 g/mol. The SMILES string of the molecule is O=C1c2ccccc2C(=O)N1C/C=C/Cn1cccn1. The average Bonchev–Trinajstić information content (AvgIpc) is 3.06. The highest BCUT2D eigenvalue weighted by Gasteiger charge is 2.33. The molecule has 1 aromatic heterocycles. The van der Waals surface area contributed by atoms with E-state index in [0.717, 1.165) is 0 Å². The topological polar surface area (TPSA) is 55.2 Å². The van der Waals surface area contributed by atoms with Crippen molar-refractivity contribution in [3.8, 4) is 0 Å². The van der Waals surface area contributed by atoms with Crippen molar-refractivity contribution < 1.29 is 9.59 Å². The largest absolute Gasteiger partial charge is 0.270 e. The molecule has 20 heavy (non-hydrogen) atoms. The van der Waals surface area contributed by atoms with Crippen LogP contribution in [0.2, 0.25) is 0 Å². The predicted molar refractivity (Wildman–Crippen MR) is 73.2 cm³/mol. The first-order valence-corrected chi connectivity index (χ1v) is 6.35. The maximum atomic E-state index is 12.1. The van der Waals surface area contributed by atoms with Crippen LogP contribution in [0.1, 0.15) is 20.7 Å². The second kappa shape index (κ2) is 5.13. The van der Waals surface area contributed by atoms with Gasteiger partial charge >= 0.3 is 0 Å². The number of hydrogen-bond acceptors (Lipinski definition) is 3. The number of hydrogen-bond donors (Lipinski definition) is 0. The molecule has 0 atom stereocenters. The summed E-state index contributed by atoms with van der Waals surface area (Å²) >= 11 is 0. The van der Waals surface area contributed by atoms with Crippen LogP contribution in [0.3, 0.4) is 0 Å². The molecule has 0 N–H and O–H groups in total. The fourth-order valence-corrected chi connectivity index (χ4v) is 2.18. The van der Waals surface area contributed by atoms with Gasteiger partial charge in [-0.15, -0.1) is 0 Å². The van der Waals surface area contributed by atoms with Gasteiger partial charge in [0, 0.05) is 18.9 Å². The van der Waals surface area contributed by atoms with Gasteiger partial charge in [0.1, 0.15) is 0 Å². The number of fused-ring (bicyclic) bond motifs is 1. The van der Waals surface area contributed by atoms with Gasteiger partial charge in [0.05, 0.1) is 17.7 Å². The lowest BCUT2D eigenvalue weighted by atomic mass is 10.1. The number of rotatable bonds is 4. The normalized spacial score (nSPS) is 14.3. The van der Waals surface area contributed by atoms with Crippen molar-refractivity contribution in [3.63, 3.8) is 0 Å². The van der Waals surface area contributed by atoms with Gasteiger partial charge in [0.25, 0.3) is 11.8 Å². The van der Waals surface area contributed by atoms with E-state index in [1.165, 1.54) is 4.90 Å². The number of aromatic nitrogens is 2. The summed E-state index contributed by atoms with van der Waals surface area (Å²) in [7, 11) is 0. The molecule has 2 amide bonds. The molecule has 0 saturated carbocycles. The molecule has 0 unspecified atom stereocenters. The van der Waals surface area contributed by atoms with Gasteiger partial charge in [-0.25, -0.2) is 0 Å². The minimum Gasteiger partial charge on any atom is -0.270 e. The number of nitrogens with zero attached hydrogens (tertiary/aromatic N) is 3. The first kappa shape index (κ1) is 12.3. The number of amides is 2. The van der Waals surface area contributed by atoms with E-state index in [9.17, 15) is 9.59 Å². The van der Waals surface area contributed by atoms with E-state index in [4.69, 9.17) is 0 Å². The van der Waals surface area contributed by atoms with Crippen LogP contribution in [-0.2, 0) is 6.54 Å². The molecular formula is C15H13N3O2. The minimum absolute atomic E-state index is 0.227. The minimum atomic E-state index is -0.227. The van der Waals surface area contributed by atoms with Crippen molar-refractivity contribution in [1.29, 1.82) is 0 Å². The second-order valence-electron chi connectivity index (χ2n) is 4.47. The molecule has 1 aromatic carbocycles. The molecule has 5 nitrogen and oxygen atoms in total. The molecule has 1 aliphatic rings. The third kappa shape index (κ3) is 2.14. The number of allylic oxidation sites excluding steroid dienone is 1. The Balaban J connectivity index is 1.66. The van der Waals surface area contributed by atoms with E-state index in [2.05, 4.69) is 5.10 Å². The summed E-state index contributed by atoms with van der Waals surface area (Å²) in [5.41, 5.74) is 0.968. The Kier molecular flexibility index (Phi) is 3.16. The Morgan fingerprint density at radius 2 is 1.60 bits per heavy atom. The molecule has 3 rings (SSSR count). The van der Waals surface area contributed by atoms with E-state index < -0.39 is 0 Å². The van der Waals surface area contributed by atoms with Gasteiger partial charge in [-0.2, -0.15) is 5.10 Å². The molecule has 0 saturated heterocycles. The van der Waals surface area contributed by atoms with E-state index in [0.29, 0.717) is 17.7 Å². The highest BCUT2D eigenvalue weighted by molar-refractivity contribution is 6.21. The third-order valence-corrected chi connectivity index (χ3v) is 3.18. The van der Waals surface area contributed by atoms with Crippen molar-refractivity contribution in [2.75, 3.05) is 6.54 Å². The van der Waals surface area contributed by atoms with E-state index >= 15 is 0 Å². The number of carbonyl (C=O) groups excluding carboxylic acids is 2. The standard InChI is InChI=1S/C15H13N3O2/c19-14-12-6-1-2-7-13(12)15(20)18(14)11-4-3-9-17-10-5-8-16-17/h1-8,10H,9,11H2/b4-3+. The van der Waals surface area contributed by atoms with E-state index in [1.54, 1.807) is 35.1 Å². The lowest BCUT2D eigenvalue weighted by Crippen LogP contribution is -2.29. The van der Waals surface area contributed by atoms with Crippen molar-refractivity contribution in [1.82, 2.24) is 14.7 Å². The first-order valence-electron chi connectivity index (χ1n) is 6.35. The molecule has 0 bridgehead atoms. The van der Waals surface area contributed by atoms with Crippen LogP contribution < -0.4 is 0 Å². The Hall–Kier alpha value is -2.69. The van der Waals surface area contributed by atoms with Crippen LogP contribution in [0.4, 0.5) is 0 Å². The molecule has 2 heterocycles. The van der Waals surface area contributed by atoms with Crippen LogP contribution in [0.5, 0.6) is 0 Å². The highest BCUT2D eigenvalue weighted by atomic mass is 16.2. The number of carbonyl (C=O) groups is 2. The van der Waals surface area contributed by atoms with Crippen LogP contribution in [-0.4, -0.2) is 33.0 Å². The molecule has 5 heteroatoms. The Morgan fingerprint density at radius 1 is 0.950 bits per heavy atom. The third-order valence-electron chi connectivity index (χ3n) is 3.18. The molecule has 100 valence electrons. The van der Waals surface area contributed by atoms with Crippen molar-refractivity contribution in [2.24, 2.45) is 0 Å². The van der Waals surface area contributed by atoms with Crippen LogP contribution in [0.25, 0.3) is 0 Å². The van der Waals surface area contributed by atoms with Gasteiger partial charge in [0.15, 0.2) is 0 Å². The lowest BCUT2D eigenvalue weighted by molar-refractivity contribution is 0.0672. The summed E-state index contributed by atoms with van der Waals surface area (Å²) in [5.74, 6) is -0.455.